The Hall–Kier alpha value is -3.99. The van der Waals surface area contributed by atoms with Crippen molar-refractivity contribution >= 4 is 57.6 Å². The number of ether oxygens (including phenoxy) is 1. The highest BCUT2D eigenvalue weighted by atomic mass is 35.5. The number of carbonyl (C=O) groups is 1. The molecule has 39 heavy (non-hydrogen) atoms. The molecule has 11 heteroatoms. The Morgan fingerprint density at radius 1 is 1.10 bits per heavy atom. The summed E-state index contributed by atoms with van der Waals surface area (Å²) in [6.07, 6.45) is 1.73. The molecule has 0 aliphatic carbocycles. The molecule has 0 unspecified atom stereocenters. The molecule has 0 radical (unpaired) electrons. The van der Waals surface area contributed by atoms with Gasteiger partial charge in [0.1, 0.15) is 4.32 Å². The number of thiocarbonyl (C=S) groups is 1. The highest BCUT2D eigenvalue weighted by Gasteiger charge is 2.33. The van der Waals surface area contributed by atoms with E-state index >= 15 is 0 Å². The third kappa shape index (κ3) is 5.58. The van der Waals surface area contributed by atoms with Gasteiger partial charge in [-0.3, -0.25) is 19.8 Å². The third-order valence-electron chi connectivity index (χ3n) is 5.93. The lowest BCUT2D eigenvalue weighted by atomic mass is 10.1. The van der Waals surface area contributed by atoms with E-state index < -0.39 is 4.92 Å². The van der Waals surface area contributed by atoms with Gasteiger partial charge in [0, 0.05) is 16.7 Å². The van der Waals surface area contributed by atoms with Gasteiger partial charge in [0.2, 0.25) is 0 Å². The van der Waals surface area contributed by atoms with Gasteiger partial charge >= 0.3 is 5.69 Å². The van der Waals surface area contributed by atoms with E-state index in [2.05, 4.69) is 0 Å². The highest BCUT2D eigenvalue weighted by molar-refractivity contribution is 8.26. The van der Waals surface area contributed by atoms with Crippen LogP contribution in [0.15, 0.2) is 83.8 Å². The largest absolute Gasteiger partial charge is 0.487 e. The molecule has 1 fully saturated rings. The zero-order valence-electron chi connectivity index (χ0n) is 20.6. The number of para-hydroxylation sites is 1. The van der Waals surface area contributed by atoms with Gasteiger partial charge in [0.05, 0.1) is 40.1 Å². The molecule has 0 N–H and O–H groups in total. The molecule has 0 bridgehead atoms. The van der Waals surface area contributed by atoms with Gasteiger partial charge in [-0.05, 0) is 55.0 Å². The zero-order chi connectivity index (χ0) is 27.5. The third-order valence-corrected chi connectivity index (χ3v) is 7.67. The first-order chi connectivity index (χ1) is 18.9. The minimum absolute atomic E-state index is 0.148. The Morgan fingerprint density at radius 3 is 2.56 bits per heavy atom. The molecule has 1 amide bonds. The minimum atomic E-state index is -0.478. The monoisotopic (exact) mass is 576 g/mol. The molecule has 5 rings (SSSR count). The summed E-state index contributed by atoms with van der Waals surface area (Å²) in [5, 5.41) is 17.0. The van der Waals surface area contributed by atoms with Gasteiger partial charge in [-0.25, -0.2) is 4.68 Å². The first-order valence-electron chi connectivity index (χ1n) is 11.9. The van der Waals surface area contributed by atoms with Gasteiger partial charge in [0.15, 0.2) is 5.75 Å². The van der Waals surface area contributed by atoms with Crippen LogP contribution in [0.1, 0.15) is 18.2 Å². The number of nitro benzene ring substituents is 1. The molecule has 8 nitrogen and oxygen atoms in total. The molecule has 0 atom stereocenters. The number of hydrogen-bond acceptors (Lipinski definition) is 7. The van der Waals surface area contributed by atoms with E-state index in [1.807, 2.05) is 48.5 Å². The van der Waals surface area contributed by atoms with Crippen LogP contribution < -0.4 is 4.74 Å². The molecule has 2 heterocycles. The van der Waals surface area contributed by atoms with Gasteiger partial charge in [-0.2, -0.15) is 5.10 Å². The van der Waals surface area contributed by atoms with E-state index in [1.54, 1.807) is 41.9 Å². The Morgan fingerprint density at radius 2 is 1.85 bits per heavy atom. The summed E-state index contributed by atoms with van der Waals surface area (Å²) in [7, 11) is 0. The average Bonchev–Trinajstić information content (AvgIpc) is 3.47. The van der Waals surface area contributed by atoms with Crippen LogP contribution in [0.3, 0.4) is 0 Å². The summed E-state index contributed by atoms with van der Waals surface area (Å²) < 4.78 is 7.54. The van der Waals surface area contributed by atoms with Crippen molar-refractivity contribution in [3.05, 3.63) is 110 Å². The van der Waals surface area contributed by atoms with E-state index in [0.29, 0.717) is 37.8 Å². The van der Waals surface area contributed by atoms with Crippen LogP contribution in [0.2, 0.25) is 5.02 Å². The molecule has 1 aliphatic rings. The first kappa shape index (κ1) is 26.6. The van der Waals surface area contributed by atoms with Gasteiger partial charge in [-0.15, -0.1) is 0 Å². The summed E-state index contributed by atoms with van der Waals surface area (Å²) >= 11 is 13.0. The molecular weight excluding hydrogens is 556 g/mol. The molecule has 1 aliphatic heterocycles. The van der Waals surface area contributed by atoms with Crippen molar-refractivity contribution in [3.8, 4) is 22.7 Å². The Balaban J connectivity index is 1.54. The van der Waals surface area contributed by atoms with Crippen molar-refractivity contribution in [2.45, 2.75) is 13.5 Å². The fraction of sp³-hybridized carbons (Fsp3) is 0.107. The molecule has 3 aromatic carbocycles. The Kier molecular flexibility index (Phi) is 7.78. The van der Waals surface area contributed by atoms with Crippen LogP contribution in [-0.2, 0) is 11.3 Å². The van der Waals surface area contributed by atoms with Crippen LogP contribution >= 0.6 is 35.6 Å². The summed E-state index contributed by atoms with van der Waals surface area (Å²) in [4.78, 5) is 26.5. The number of halogens is 1. The van der Waals surface area contributed by atoms with Crippen molar-refractivity contribution in [1.29, 1.82) is 0 Å². The van der Waals surface area contributed by atoms with Crippen molar-refractivity contribution in [2.75, 3.05) is 6.61 Å². The number of benzene rings is 3. The molecule has 0 spiro atoms. The normalized spacial score (nSPS) is 14.3. The van der Waals surface area contributed by atoms with E-state index in [4.69, 9.17) is 33.7 Å². The first-order valence-corrected chi connectivity index (χ1v) is 13.5. The summed E-state index contributed by atoms with van der Waals surface area (Å²) in [5.74, 6) is -0.0415. The second-order valence-corrected chi connectivity index (χ2v) is 10.5. The number of rotatable bonds is 8. The SMILES string of the molecule is CCOc1ccc(-c2cc(C=C3SC(=S)N(Cc4ccccc4Cl)C3=O)n(-c3ccccc3)n2)cc1[N+](=O)[O-]. The van der Waals surface area contributed by atoms with Gasteiger partial charge in [-0.1, -0.05) is 72.0 Å². The van der Waals surface area contributed by atoms with E-state index in [1.165, 1.54) is 22.7 Å². The summed E-state index contributed by atoms with van der Waals surface area (Å²) in [5.41, 5.74) is 3.08. The number of nitro groups is 1. The van der Waals surface area contributed by atoms with E-state index in [-0.39, 0.29) is 23.9 Å². The number of carbonyl (C=O) groups excluding carboxylic acids is 1. The average molecular weight is 577 g/mol. The van der Waals surface area contributed by atoms with Crippen molar-refractivity contribution in [2.24, 2.45) is 0 Å². The van der Waals surface area contributed by atoms with Gasteiger partial charge < -0.3 is 4.74 Å². The van der Waals surface area contributed by atoms with Crippen LogP contribution in [-0.4, -0.2) is 36.4 Å². The topological polar surface area (TPSA) is 90.5 Å². The molecule has 4 aromatic rings. The quantitative estimate of drug-likeness (QED) is 0.0975. The van der Waals surface area contributed by atoms with Crippen LogP contribution in [0.5, 0.6) is 5.75 Å². The Labute approximate surface area is 239 Å². The fourth-order valence-corrected chi connectivity index (χ4v) is 5.52. The van der Waals surface area contributed by atoms with E-state index in [0.717, 1.165) is 11.3 Å². The maximum Gasteiger partial charge on any atom is 0.311 e. The predicted octanol–water partition coefficient (Wildman–Crippen LogP) is 6.90. The standard InChI is InChI=1S/C28H21ClN4O4S2/c1-2-37-25-13-12-18(14-24(25)33(35)36)23-15-21(32(30-23)20-9-4-3-5-10-20)16-26-27(34)31(28(38)39-26)17-19-8-6-7-11-22(19)29/h3-16H,2,17H2,1H3. The highest BCUT2D eigenvalue weighted by Crippen LogP contribution is 2.36. The number of amides is 1. The van der Waals surface area contributed by atoms with Crippen molar-refractivity contribution in [3.63, 3.8) is 0 Å². The second-order valence-electron chi connectivity index (χ2n) is 8.43. The molecular formula is C28H21ClN4O4S2. The van der Waals surface area contributed by atoms with Crippen LogP contribution in [0.25, 0.3) is 23.0 Å². The second kappa shape index (κ2) is 11.4. The lowest BCUT2D eigenvalue weighted by molar-refractivity contribution is -0.385. The minimum Gasteiger partial charge on any atom is -0.487 e. The number of thioether (sulfide) groups is 1. The van der Waals surface area contributed by atoms with Crippen molar-refractivity contribution < 1.29 is 14.5 Å². The molecule has 1 saturated heterocycles. The summed E-state index contributed by atoms with van der Waals surface area (Å²) in [6, 6.07) is 23.3. The van der Waals surface area contributed by atoms with E-state index in [9.17, 15) is 14.9 Å². The number of nitrogens with zero attached hydrogens (tertiary/aromatic N) is 4. The van der Waals surface area contributed by atoms with Crippen LogP contribution in [0.4, 0.5) is 5.69 Å². The number of aromatic nitrogens is 2. The maximum atomic E-state index is 13.4. The van der Waals surface area contributed by atoms with Crippen molar-refractivity contribution in [1.82, 2.24) is 14.7 Å². The maximum absolute atomic E-state index is 13.4. The van der Waals surface area contributed by atoms with Gasteiger partial charge in [0.25, 0.3) is 5.91 Å². The predicted molar refractivity (Wildman–Crippen MR) is 157 cm³/mol. The molecule has 0 saturated carbocycles. The fourth-order valence-electron chi connectivity index (χ4n) is 4.08. The lowest BCUT2D eigenvalue weighted by Gasteiger charge is -2.15. The summed E-state index contributed by atoms with van der Waals surface area (Å²) in [6.45, 7) is 2.34. The lowest BCUT2D eigenvalue weighted by Crippen LogP contribution is -2.27. The smallest absolute Gasteiger partial charge is 0.311 e. The zero-order valence-corrected chi connectivity index (χ0v) is 23.0. The molecule has 1 aromatic heterocycles. The van der Waals surface area contributed by atoms with Crippen LogP contribution in [0, 0.1) is 10.1 Å². The number of hydrogen-bond donors (Lipinski definition) is 0. The molecule has 196 valence electrons. The Bertz CT molecular complexity index is 1620.